The van der Waals surface area contributed by atoms with Gasteiger partial charge >= 0.3 is 0 Å². The maximum atomic E-state index is 10.6. The summed E-state index contributed by atoms with van der Waals surface area (Å²) in [5.74, 6) is 0.457. The fourth-order valence-electron chi connectivity index (χ4n) is 4.72. The Kier molecular flexibility index (Phi) is 6.54. The molecular weight excluding hydrogens is 308 g/mol. The SMILES string of the molecule is CC(C)(CN1CCCC1)CN1CCC([C@H](O)Cc2ccccc2)CC1. The van der Waals surface area contributed by atoms with Crippen LogP contribution in [-0.2, 0) is 6.42 Å². The van der Waals surface area contributed by atoms with Gasteiger partial charge in [0.2, 0.25) is 0 Å². The van der Waals surface area contributed by atoms with Crippen molar-refractivity contribution in [3.05, 3.63) is 35.9 Å². The lowest BCUT2D eigenvalue weighted by molar-refractivity contribution is 0.0434. The van der Waals surface area contributed by atoms with Crippen molar-refractivity contribution in [2.24, 2.45) is 11.3 Å². The van der Waals surface area contributed by atoms with Crippen LogP contribution in [-0.4, -0.2) is 60.3 Å². The van der Waals surface area contributed by atoms with E-state index in [1.807, 2.05) is 6.07 Å². The van der Waals surface area contributed by atoms with Crippen molar-refractivity contribution >= 4 is 0 Å². The Morgan fingerprint density at radius 1 is 0.960 bits per heavy atom. The van der Waals surface area contributed by atoms with Gasteiger partial charge in [0.05, 0.1) is 6.10 Å². The average molecular weight is 345 g/mol. The summed E-state index contributed by atoms with van der Waals surface area (Å²) in [4.78, 5) is 5.26. The molecule has 0 aromatic heterocycles. The van der Waals surface area contributed by atoms with Gasteiger partial charge in [-0.05, 0) is 75.2 Å². The van der Waals surface area contributed by atoms with Crippen LogP contribution in [0.5, 0.6) is 0 Å². The van der Waals surface area contributed by atoms with E-state index in [0.717, 1.165) is 32.4 Å². The van der Waals surface area contributed by atoms with Crippen molar-refractivity contribution in [3.63, 3.8) is 0 Å². The van der Waals surface area contributed by atoms with Gasteiger partial charge in [-0.15, -0.1) is 0 Å². The molecule has 0 bridgehead atoms. The van der Waals surface area contributed by atoms with E-state index in [4.69, 9.17) is 0 Å². The standard InChI is InChI=1S/C22H36N2O/c1-22(2,17-23-12-6-7-13-23)18-24-14-10-20(11-15-24)21(25)16-19-8-4-3-5-9-19/h3-5,8-9,20-21,25H,6-7,10-18H2,1-2H3/t21-/m1/s1. The van der Waals surface area contributed by atoms with Crippen LogP contribution in [0.25, 0.3) is 0 Å². The number of aliphatic hydroxyl groups is 1. The van der Waals surface area contributed by atoms with Crippen molar-refractivity contribution in [3.8, 4) is 0 Å². The summed E-state index contributed by atoms with van der Waals surface area (Å²) in [6.07, 6.45) is 5.62. The second-order valence-corrected chi connectivity index (χ2v) is 9.02. The smallest absolute Gasteiger partial charge is 0.0609 e. The van der Waals surface area contributed by atoms with Crippen LogP contribution in [0.4, 0.5) is 0 Å². The van der Waals surface area contributed by atoms with Gasteiger partial charge in [-0.25, -0.2) is 0 Å². The Morgan fingerprint density at radius 3 is 2.12 bits per heavy atom. The number of piperidine rings is 1. The van der Waals surface area contributed by atoms with E-state index in [2.05, 4.69) is 47.9 Å². The van der Waals surface area contributed by atoms with Crippen LogP contribution in [0.2, 0.25) is 0 Å². The molecule has 3 heteroatoms. The molecule has 1 aromatic carbocycles. The number of nitrogens with zero attached hydrogens (tertiary/aromatic N) is 2. The maximum Gasteiger partial charge on any atom is 0.0609 e. The molecule has 140 valence electrons. The predicted molar refractivity (Wildman–Crippen MR) is 105 cm³/mol. The summed E-state index contributed by atoms with van der Waals surface area (Å²) >= 11 is 0. The van der Waals surface area contributed by atoms with Crippen LogP contribution in [0, 0.1) is 11.3 Å². The number of hydrogen-bond donors (Lipinski definition) is 1. The molecule has 2 heterocycles. The van der Waals surface area contributed by atoms with Gasteiger partial charge in [-0.3, -0.25) is 0 Å². The molecule has 3 nitrogen and oxygen atoms in total. The van der Waals surface area contributed by atoms with Crippen molar-refractivity contribution in [2.45, 2.75) is 52.1 Å². The van der Waals surface area contributed by atoms with E-state index in [1.54, 1.807) is 0 Å². The first-order chi connectivity index (χ1) is 12.0. The lowest BCUT2D eigenvalue weighted by Gasteiger charge is -2.40. The molecule has 1 N–H and O–H groups in total. The molecule has 2 aliphatic rings. The highest BCUT2D eigenvalue weighted by atomic mass is 16.3. The maximum absolute atomic E-state index is 10.6. The Balaban J connectivity index is 1.41. The van der Waals surface area contributed by atoms with Crippen molar-refractivity contribution in [1.29, 1.82) is 0 Å². The Labute approximate surface area is 154 Å². The normalized spacial score (nSPS) is 22.4. The topological polar surface area (TPSA) is 26.7 Å². The number of likely N-dealkylation sites (tertiary alicyclic amines) is 2. The molecule has 0 unspecified atom stereocenters. The molecule has 25 heavy (non-hydrogen) atoms. The van der Waals surface area contributed by atoms with Gasteiger partial charge in [0.15, 0.2) is 0 Å². The zero-order valence-corrected chi connectivity index (χ0v) is 16.2. The summed E-state index contributed by atoms with van der Waals surface area (Å²) < 4.78 is 0. The van der Waals surface area contributed by atoms with Gasteiger partial charge in [0.25, 0.3) is 0 Å². The van der Waals surface area contributed by atoms with E-state index < -0.39 is 0 Å². The van der Waals surface area contributed by atoms with Gasteiger partial charge in [-0.2, -0.15) is 0 Å². The molecule has 0 saturated carbocycles. The monoisotopic (exact) mass is 344 g/mol. The molecular formula is C22H36N2O. The third-order valence-electron chi connectivity index (χ3n) is 5.97. The molecule has 0 radical (unpaired) electrons. The van der Waals surface area contributed by atoms with E-state index >= 15 is 0 Å². The van der Waals surface area contributed by atoms with Gasteiger partial charge < -0.3 is 14.9 Å². The molecule has 0 aliphatic carbocycles. The van der Waals surface area contributed by atoms with Gasteiger partial charge in [0, 0.05) is 13.1 Å². The minimum absolute atomic E-state index is 0.192. The molecule has 2 fully saturated rings. The Hall–Kier alpha value is -0.900. The first-order valence-corrected chi connectivity index (χ1v) is 10.2. The minimum atomic E-state index is -0.192. The zero-order valence-electron chi connectivity index (χ0n) is 16.2. The van der Waals surface area contributed by atoms with Gasteiger partial charge in [0.1, 0.15) is 0 Å². The Morgan fingerprint density at radius 2 is 1.52 bits per heavy atom. The van der Waals surface area contributed by atoms with E-state index in [1.165, 1.54) is 44.6 Å². The van der Waals surface area contributed by atoms with Crippen LogP contribution in [0.15, 0.2) is 30.3 Å². The molecule has 0 spiro atoms. The van der Waals surface area contributed by atoms with Crippen molar-refractivity contribution < 1.29 is 5.11 Å². The van der Waals surface area contributed by atoms with Crippen molar-refractivity contribution in [1.82, 2.24) is 9.80 Å². The third-order valence-corrected chi connectivity index (χ3v) is 5.97. The lowest BCUT2D eigenvalue weighted by Crippen LogP contribution is -2.45. The lowest BCUT2D eigenvalue weighted by atomic mass is 9.86. The third kappa shape index (κ3) is 5.80. The van der Waals surface area contributed by atoms with Crippen LogP contribution < -0.4 is 0 Å². The molecule has 1 atom stereocenters. The average Bonchev–Trinajstić information content (AvgIpc) is 3.08. The summed E-state index contributed by atoms with van der Waals surface area (Å²) in [5.41, 5.74) is 1.61. The summed E-state index contributed by atoms with van der Waals surface area (Å²) in [7, 11) is 0. The number of rotatable bonds is 7. The van der Waals surface area contributed by atoms with Crippen LogP contribution in [0.1, 0.15) is 45.1 Å². The van der Waals surface area contributed by atoms with E-state index in [-0.39, 0.29) is 6.10 Å². The van der Waals surface area contributed by atoms with Crippen LogP contribution in [0.3, 0.4) is 0 Å². The zero-order chi connectivity index (χ0) is 17.7. The number of aliphatic hydroxyl groups excluding tert-OH is 1. The molecule has 3 rings (SSSR count). The number of benzene rings is 1. The quantitative estimate of drug-likeness (QED) is 0.821. The largest absolute Gasteiger partial charge is 0.392 e. The highest BCUT2D eigenvalue weighted by Crippen LogP contribution is 2.27. The van der Waals surface area contributed by atoms with Crippen LogP contribution >= 0.6 is 0 Å². The first kappa shape index (κ1) is 18.9. The fraction of sp³-hybridized carbons (Fsp3) is 0.727. The fourth-order valence-corrected chi connectivity index (χ4v) is 4.72. The molecule has 2 saturated heterocycles. The van der Waals surface area contributed by atoms with Crippen molar-refractivity contribution in [2.75, 3.05) is 39.3 Å². The number of hydrogen-bond acceptors (Lipinski definition) is 3. The minimum Gasteiger partial charge on any atom is -0.392 e. The Bertz CT molecular complexity index is 502. The predicted octanol–water partition coefficient (Wildman–Crippen LogP) is 3.42. The highest BCUT2D eigenvalue weighted by molar-refractivity contribution is 5.15. The van der Waals surface area contributed by atoms with Gasteiger partial charge in [-0.1, -0.05) is 44.2 Å². The summed E-state index contributed by atoms with van der Waals surface area (Å²) in [6, 6.07) is 10.4. The summed E-state index contributed by atoms with van der Waals surface area (Å²) in [5, 5.41) is 10.6. The molecule has 2 aliphatic heterocycles. The summed E-state index contributed by atoms with van der Waals surface area (Å²) in [6.45, 7) is 12.1. The second-order valence-electron chi connectivity index (χ2n) is 9.02. The first-order valence-electron chi connectivity index (χ1n) is 10.2. The molecule has 0 amide bonds. The molecule has 1 aromatic rings. The highest BCUT2D eigenvalue weighted by Gasteiger charge is 2.30. The van der Waals surface area contributed by atoms with E-state index in [0.29, 0.717) is 11.3 Å². The second kappa shape index (κ2) is 8.66. The van der Waals surface area contributed by atoms with E-state index in [9.17, 15) is 5.11 Å².